The summed E-state index contributed by atoms with van der Waals surface area (Å²) in [5.41, 5.74) is 0.995. The molecule has 20 heavy (non-hydrogen) atoms. The minimum absolute atomic E-state index is 0.127. The highest BCUT2D eigenvalue weighted by atomic mass is 16.5. The molecule has 0 amide bonds. The third-order valence-electron chi connectivity index (χ3n) is 4.38. The van der Waals surface area contributed by atoms with Crippen LogP contribution in [0.4, 0.5) is 0 Å². The highest BCUT2D eigenvalue weighted by Crippen LogP contribution is 2.42. The standard InChI is InChI=1S/C16H25NO3/c1-5-20-12-8-6-7-11(15(12)18)10-17-13-9-14(19-4)16(13,2)3/h6-8,13-14,17-18H,5,9-10H2,1-4H3. The Bertz CT molecular complexity index is 459. The van der Waals surface area contributed by atoms with E-state index in [4.69, 9.17) is 9.47 Å². The Hall–Kier alpha value is -1.26. The van der Waals surface area contributed by atoms with Gasteiger partial charge in [-0.25, -0.2) is 0 Å². The van der Waals surface area contributed by atoms with Crippen LogP contribution in [0.1, 0.15) is 32.8 Å². The average molecular weight is 279 g/mol. The molecule has 0 saturated heterocycles. The number of phenols is 1. The Labute approximate surface area is 121 Å². The summed E-state index contributed by atoms with van der Waals surface area (Å²) >= 11 is 0. The van der Waals surface area contributed by atoms with Crippen molar-refractivity contribution in [3.8, 4) is 11.5 Å². The molecule has 0 radical (unpaired) electrons. The zero-order valence-electron chi connectivity index (χ0n) is 12.8. The van der Waals surface area contributed by atoms with Crippen molar-refractivity contribution in [2.45, 2.75) is 45.9 Å². The summed E-state index contributed by atoms with van der Waals surface area (Å²) in [4.78, 5) is 0. The summed E-state index contributed by atoms with van der Waals surface area (Å²) in [5, 5.41) is 13.7. The van der Waals surface area contributed by atoms with Crippen LogP contribution in [0, 0.1) is 5.41 Å². The maximum absolute atomic E-state index is 10.2. The second-order valence-corrected chi connectivity index (χ2v) is 5.91. The maximum atomic E-state index is 10.2. The molecule has 0 bridgehead atoms. The first-order valence-corrected chi connectivity index (χ1v) is 7.20. The molecule has 2 N–H and O–H groups in total. The third-order valence-corrected chi connectivity index (χ3v) is 4.38. The van der Waals surface area contributed by atoms with Crippen LogP contribution >= 0.6 is 0 Å². The molecule has 0 spiro atoms. The van der Waals surface area contributed by atoms with E-state index in [2.05, 4.69) is 19.2 Å². The molecule has 0 aromatic heterocycles. The van der Waals surface area contributed by atoms with E-state index >= 15 is 0 Å². The molecule has 1 saturated carbocycles. The van der Waals surface area contributed by atoms with E-state index in [1.807, 2.05) is 19.1 Å². The van der Waals surface area contributed by atoms with Crippen molar-refractivity contribution in [3.63, 3.8) is 0 Å². The van der Waals surface area contributed by atoms with Gasteiger partial charge in [0.15, 0.2) is 11.5 Å². The van der Waals surface area contributed by atoms with Crippen molar-refractivity contribution in [1.82, 2.24) is 5.32 Å². The predicted molar refractivity (Wildman–Crippen MR) is 79.1 cm³/mol. The number of nitrogens with one attached hydrogen (secondary N) is 1. The molecule has 1 aromatic carbocycles. The minimum Gasteiger partial charge on any atom is -0.504 e. The van der Waals surface area contributed by atoms with Gasteiger partial charge in [-0.15, -0.1) is 0 Å². The van der Waals surface area contributed by atoms with Gasteiger partial charge in [0.1, 0.15) is 0 Å². The Morgan fingerprint density at radius 3 is 2.75 bits per heavy atom. The van der Waals surface area contributed by atoms with Gasteiger partial charge in [-0.05, 0) is 19.4 Å². The van der Waals surface area contributed by atoms with Crippen LogP contribution < -0.4 is 10.1 Å². The molecule has 0 aliphatic heterocycles. The molecule has 4 nitrogen and oxygen atoms in total. The summed E-state index contributed by atoms with van der Waals surface area (Å²) in [6, 6.07) is 6.02. The van der Waals surface area contributed by atoms with Gasteiger partial charge in [-0.1, -0.05) is 26.0 Å². The maximum Gasteiger partial charge on any atom is 0.162 e. The lowest BCUT2D eigenvalue weighted by molar-refractivity contribution is -0.0979. The van der Waals surface area contributed by atoms with Crippen molar-refractivity contribution < 1.29 is 14.6 Å². The van der Waals surface area contributed by atoms with Crippen LogP contribution in [0.3, 0.4) is 0 Å². The molecule has 112 valence electrons. The topological polar surface area (TPSA) is 50.7 Å². The molecule has 1 aromatic rings. The summed E-state index contributed by atoms with van der Waals surface area (Å²) in [5.74, 6) is 0.789. The first-order chi connectivity index (χ1) is 9.50. The molecule has 0 heterocycles. The number of ether oxygens (including phenoxy) is 2. The second kappa shape index (κ2) is 6.02. The van der Waals surface area contributed by atoms with E-state index in [0.29, 0.717) is 31.0 Å². The van der Waals surface area contributed by atoms with Gasteiger partial charge in [0.05, 0.1) is 12.7 Å². The third kappa shape index (κ3) is 2.76. The lowest BCUT2D eigenvalue weighted by Crippen LogP contribution is -2.60. The lowest BCUT2D eigenvalue weighted by Gasteiger charge is -2.51. The van der Waals surface area contributed by atoms with Crippen LogP contribution in [0.25, 0.3) is 0 Å². The molecule has 1 aliphatic rings. The lowest BCUT2D eigenvalue weighted by atomic mass is 9.64. The fourth-order valence-corrected chi connectivity index (χ4v) is 2.85. The fourth-order valence-electron chi connectivity index (χ4n) is 2.85. The van der Waals surface area contributed by atoms with Crippen molar-refractivity contribution in [2.24, 2.45) is 5.41 Å². The highest BCUT2D eigenvalue weighted by Gasteiger charge is 2.48. The van der Waals surface area contributed by atoms with E-state index in [1.165, 1.54) is 0 Å². The Morgan fingerprint density at radius 2 is 2.15 bits per heavy atom. The number of phenolic OH excluding ortho intramolecular Hbond substituents is 1. The van der Waals surface area contributed by atoms with Gasteiger partial charge in [0.2, 0.25) is 0 Å². The monoisotopic (exact) mass is 279 g/mol. The first-order valence-electron chi connectivity index (χ1n) is 7.20. The van der Waals surface area contributed by atoms with Gasteiger partial charge < -0.3 is 19.9 Å². The zero-order chi connectivity index (χ0) is 14.8. The van der Waals surface area contributed by atoms with E-state index < -0.39 is 0 Å². The normalized spacial score (nSPS) is 24.2. The van der Waals surface area contributed by atoms with Gasteiger partial charge >= 0.3 is 0 Å². The van der Waals surface area contributed by atoms with E-state index in [0.717, 1.165) is 12.0 Å². The van der Waals surface area contributed by atoms with Gasteiger partial charge in [0.25, 0.3) is 0 Å². The SMILES string of the molecule is CCOc1cccc(CNC2CC(OC)C2(C)C)c1O. The van der Waals surface area contributed by atoms with Gasteiger partial charge in [-0.2, -0.15) is 0 Å². The highest BCUT2D eigenvalue weighted by molar-refractivity contribution is 5.45. The number of benzene rings is 1. The van der Waals surface area contributed by atoms with Crippen molar-refractivity contribution in [1.29, 1.82) is 0 Å². The van der Waals surface area contributed by atoms with E-state index in [1.54, 1.807) is 13.2 Å². The quantitative estimate of drug-likeness (QED) is 0.840. The summed E-state index contributed by atoms with van der Waals surface area (Å²) in [6.45, 7) is 7.51. The van der Waals surface area contributed by atoms with Crippen LogP contribution in [-0.4, -0.2) is 31.0 Å². The molecule has 2 atom stereocenters. The summed E-state index contributed by atoms with van der Waals surface area (Å²) < 4.78 is 10.9. The van der Waals surface area contributed by atoms with Crippen molar-refractivity contribution >= 4 is 0 Å². The average Bonchev–Trinajstić information content (AvgIpc) is 2.42. The molecule has 1 aliphatic carbocycles. The predicted octanol–water partition coefficient (Wildman–Crippen LogP) is 2.69. The molecule has 4 heteroatoms. The number of hydrogen-bond donors (Lipinski definition) is 2. The largest absolute Gasteiger partial charge is 0.504 e. The van der Waals surface area contributed by atoms with E-state index in [9.17, 15) is 5.11 Å². The molecule has 2 unspecified atom stereocenters. The number of rotatable bonds is 6. The van der Waals surface area contributed by atoms with Crippen molar-refractivity contribution in [2.75, 3.05) is 13.7 Å². The number of hydrogen-bond acceptors (Lipinski definition) is 4. The number of aromatic hydroxyl groups is 1. The van der Waals surface area contributed by atoms with Crippen LogP contribution in [-0.2, 0) is 11.3 Å². The summed E-state index contributed by atoms with van der Waals surface area (Å²) in [7, 11) is 1.76. The van der Waals surface area contributed by atoms with Gasteiger partial charge in [-0.3, -0.25) is 0 Å². The van der Waals surface area contributed by atoms with Crippen LogP contribution in [0.15, 0.2) is 18.2 Å². The van der Waals surface area contributed by atoms with E-state index in [-0.39, 0.29) is 11.2 Å². The van der Waals surface area contributed by atoms with Crippen LogP contribution in [0.2, 0.25) is 0 Å². The second-order valence-electron chi connectivity index (χ2n) is 5.91. The molecular weight excluding hydrogens is 254 g/mol. The molecule has 1 fully saturated rings. The number of methoxy groups -OCH3 is 1. The Morgan fingerprint density at radius 1 is 1.40 bits per heavy atom. The molecular formula is C16H25NO3. The van der Waals surface area contributed by atoms with Crippen LogP contribution in [0.5, 0.6) is 11.5 Å². The van der Waals surface area contributed by atoms with Crippen molar-refractivity contribution in [3.05, 3.63) is 23.8 Å². The summed E-state index contributed by atoms with van der Waals surface area (Å²) in [6.07, 6.45) is 1.32. The minimum atomic E-state index is 0.127. The van der Waals surface area contributed by atoms with Gasteiger partial charge in [0, 0.05) is 30.7 Å². The number of para-hydroxylation sites is 1. The first kappa shape index (κ1) is 15.1. The Balaban J connectivity index is 1.97. The molecule has 2 rings (SSSR count). The zero-order valence-corrected chi connectivity index (χ0v) is 12.8. The fraction of sp³-hybridized carbons (Fsp3) is 0.625. The Kier molecular flexibility index (Phi) is 4.55. The smallest absolute Gasteiger partial charge is 0.162 e.